The Hall–Kier alpha value is -1.93. The lowest BCUT2D eigenvalue weighted by Crippen LogP contribution is -2.48. The van der Waals surface area contributed by atoms with Crippen LogP contribution in [0.2, 0.25) is 0 Å². The molecular weight excluding hydrogens is 360 g/mol. The zero-order valence-electron chi connectivity index (χ0n) is 14.5. The van der Waals surface area contributed by atoms with Crippen molar-refractivity contribution in [2.45, 2.75) is 31.9 Å². The monoisotopic (exact) mass is 379 g/mol. The summed E-state index contributed by atoms with van der Waals surface area (Å²) in [6, 6.07) is 3.56. The highest BCUT2D eigenvalue weighted by Gasteiger charge is 2.50. The summed E-state index contributed by atoms with van der Waals surface area (Å²) in [7, 11) is 0. The number of fused-ring (bicyclic) bond motifs is 1. The quantitative estimate of drug-likeness (QED) is 0.863. The molecule has 1 aromatic carbocycles. The maximum absolute atomic E-state index is 14.6. The van der Waals surface area contributed by atoms with Crippen molar-refractivity contribution in [1.29, 1.82) is 0 Å². The number of ether oxygens (including phenoxy) is 1. The van der Waals surface area contributed by atoms with Crippen LogP contribution in [0.15, 0.2) is 27.6 Å². The van der Waals surface area contributed by atoms with Gasteiger partial charge in [-0.05, 0) is 26.3 Å². The van der Waals surface area contributed by atoms with Crippen LogP contribution >= 0.6 is 11.8 Å². The Kier molecular flexibility index (Phi) is 4.27. The molecule has 0 saturated carbocycles. The summed E-state index contributed by atoms with van der Waals surface area (Å²) in [6.45, 7) is 3.87. The Bertz CT molecular complexity index is 866. The van der Waals surface area contributed by atoms with Crippen LogP contribution in [-0.4, -0.2) is 22.5 Å². The van der Waals surface area contributed by atoms with Crippen molar-refractivity contribution < 1.29 is 17.9 Å². The van der Waals surface area contributed by atoms with Crippen LogP contribution < -0.4 is 5.73 Å². The van der Waals surface area contributed by atoms with Gasteiger partial charge in [-0.25, -0.2) is 18.8 Å². The molecule has 0 amide bonds. The molecule has 2 aliphatic rings. The van der Waals surface area contributed by atoms with E-state index in [1.807, 2.05) is 13.8 Å². The first-order chi connectivity index (χ1) is 12.4. The third-order valence-electron chi connectivity index (χ3n) is 5.14. The van der Waals surface area contributed by atoms with Crippen LogP contribution in [0.25, 0.3) is 0 Å². The Morgan fingerprint density at radius 2 is 2.12 bits per heavy atom. The van der Waals surface area contributed by atoms with Crippen molar-refractivity contribution in [3.63, 3.8) is 0 Å². The van der Waals surface area contributed by atoms with E-state index >= 15 is 0 Å². The molecule has 26 heavy (non-hydrogen) atoms. The number of nitrogens with zero attached hydrogens (tertiary/aromatic N) is 2. The van der Waals surface area contributed by atoms with E-state index in [4.69, 9.17) is 14.9 Å². The molecule has 138 valence electrons. The maximum atomic E-state index is 14.6. The minimum absolute atomic E-state index is 0.0361. The standard InChI is InChI=1S/C18H19F2N3O2S/c1-9-10(2)25-16(22-9)15-5-11-7-26-17(21)23-18(11,8-24-15)13-4-3-12(19)6-14(13)20/h3-4,6,11,15H,5,7-8H2,1-2H3,(H2,21,23). The van der Waals surface area contributed by atoms with Crippen LogP contribution in [0.4, 0.5) is 8.78 Å². The van der Waals surface area contributed by atoms with Gasteiger partial charge in [0.25, 0.3) is 0 Å². The molecule has 8 heteroatoms. The van der Waals surface area contributed by atoms with Gasteiger partial charge in [0.1, 0.15) is 29.0 Å². The van der Waals surface area contributed by atoms with Crippen molar-refractivity contribution in [2.24, 2.45) is 16.6 Å². The zero-order chi connectivity index (χ0) is 18.5. The van der Waals surface area contributed by atoms with Gasteiger partial charge >= 0.3 is 0 Å². The number of nitrogens with two attached hydrogens (primary N) is 1. The highest BCUT2D eigenvalue weighted by Crippen LogP contribution is 2.49. The largest absolute Gasteiger partial charge is 0.443 e. The van der Waals surface area contributed by atoms with Gasteiger partial charge in [0, 0.05) is 23.3 Å². The normalized spacial score (nSPS) is 28.5. The molecule has 3 unspecified atom stereocenters. The molecule has 4 rings (SSSR count). The number of amidine groups is 1. The lowest BCUT2D eigenvalue weighted by Gasteiger charge is -2.45. The SMILES string of the molecule is Cc1nc(C2CC3CSC(N)=NC3(c3ccc(F)cc3F)CO2)oc1C. The molecule has 2 N–H and O–H groups in total. The number of aromatic nitrogens is 1. The first-order valence-electron chi connectivity index (χ1n) is 8.38. The Morgan fingerprint density at radius 1 is 1.31 bits per heavy atom. The lowest BCUT2D eigenvalue weighted by molar-refractivity contribution is -0.0699. The highest BCUT2D eigenvalue weighted by molar-refractivity contribution is 8.13. The van der Waals surface area contributed by atoms with E-state index in [1.165, 1.54) is 23.9 Å². The van der Waals surface area contributed by atoms with Crippen LogP contribution in [0.5, 0.6) is 0 Å². The van der Waals surface area contributed by atoms with Gasteiger partial charge in [-0.1, -0.05) is 17.8 Å². The summed E-state index contributed by atoms with van der Waals surface area (Å²) in [5.41, 5.74) is 6.12. The molecule has 1 fully saturated rings. The second-order valence-corrected chi connectivity index (χ2v) is 7.78. The Labute approximate surface area is 154 Å². The smallest absolute Gasteiger partial charge is 0.223 e. The number of hydrogen-bond acceptors (Lipinski definition) is 6. The van der Waals surface area contributed by atoms with Crippen LogP contribution in [0.3, 0.4) is 0 Å². The van der Waals surface area contributed by atoms with E-state index in [1.54, 1.807) is 0 Å². The molecule has 0 aliphatic carbocycles. The molecule has 2 aliphatic heterocycles. The number of aliphatic imine (C=N–C) groups is 1. The van der Waals surface area contributed by atoms with Gasteiger partial charge in [-0.15, -0.1) is 0 Å². The highest BCUT2D eigenvalue weighted by atomic mass is 32.2. The summed E-state index contributed by atoms with van der Waals surface area (Å²) in [5, 5.41) is 0.384. The first kappa shape index (κ1) is 17.5. The van der Waals surface area contributed by atoms with E-state index in [0.717, 1.165) is 17.5 Å². The summed E-state index contributed by atoms with van der Waals surface area (Å²) < 4.78 is 39.7. The number of aryl methyl sites for hydroxylation is 2. The van der Waals surface area contributed by atoms with E-state index in [2.05, 4.69) is 9.98 Å². The maximum Gasteiger partial charge on any atom is 0.223 e. The lowest BCUT2D eigenvalue weighted by atomic mass is 9.75. The molecule has 0 bridgehead atoms. The van der Waals surface area contributed by atoms with Gasteiger partial charge in [-0.3, -0.25) is 0 Å². The third kappa shape index (κ3) is 2.81. The molecule has 1 aromatic heterocycles. The van der Waals surface area contributed by atoms with Gasteiger partial charge in [0.05, 0.1) is 12.3 Å². The van der Waals surface area contributed by atoms with Crippen molar-refractivity contribution in [1.82, 2.24) is 4.98 Å². The van der Waals surface area contributed by atoms with Gasteiger partial charge in [0.15, 0.2) is 5.17 Å². The Balaban J connectivity index is 1.72. The summed E-state index contributed by atoms with van der Waals surface area (Å²) in [4.78, 5) is 8.99. The summed E-state index contributed by atoms with van der Waals surface area (Å²) in [5.74, 6) is 0.659. The first-order valence-corrected chi connectivity index (χ1v) is 9.37. The summed E-state index contributed by atoms with van der Waals surface area (Å²) >= 11 is 1.44. The molecule has 0 radical (unpaired) electrons. The molecule has 2 aromatic rings. The number of halogens is 2. The molecule has 0 spiro atoms. The third-order valence-corrected chi connectivity index (χ3v) is 6.09. The fourth-order valence-electron chi connectivity index (χ4n) is 3.62. The zero-order valence-corrected chi connectivity index (χ0v) is 15.3. The molecule has 3 atom stereocenters. The van der Waals surface area contributed by atoms with Crippen LogP contribution in [0, 0.1) is 31.4 Å². The number of rotatable bonds is 2. The van der Waals surface area contributed by atoms with E-state index in [0.29, 0.717) is 28.8 Å². The fraction of sp³-hybridized carbons (Fsp3) is 0.444. The number of thioether (sulfide) groups is 1. The average Bonchev–Trinajstić information content (AvgIpc) is 2.93. The topological polar surface area (TPSA) is 73.6 Å². The van der Waals surface area contributed by atoms with Crippen molar-refractivity contribution in [3.8, 4) is 0 Å². The number of oxazole rings is 1. The van der Waals surface area contributed by atoms with Crippen molar-refractivity contribution >= 4 is 16.9 Å². The van der Waals surface area contributed by atoms with Crippen LogP contribution in [0.1, 0.15) is 35.4 Å². The van der Waals surface area contributed by atoms with Gasteiger partial charge in [0.2, 0.25) is 5.89 Å². The van der Waals surface area contributed by atoms with Gasteiger partial charge in [-0.2, -0.15) is 0 Å². The summed E-state index contributed by atoms with van der Waals surface area (Å²) in [6.07, 6.45) is 0.249. The van der Waals surface area contributed by atoms with E-state index < -0.39 is 17.2 Å². The van der Waals surface area contributed by atoms with E-state index in [-0.39, 0.29) is 18.6 Å². The van der Waals surface area contributed by atoms with Crippen LogP contribution in [-0.2, 0) is 10.3 Å². The molecular formula is C18H19F2N3O2S. The molecule has 5 nitrogen and oxygen atoms in total. The minimum Gasteiger partial charge on any atom is -0.443 e. The van der Waals surface area contributed by atoms with Gasteiger partial charge < -0.3 is 14.9 Å². The van der Waals surface area contributed by atoms with Crippen molar-refractivity contribution in [3.05, 3.63) is 52.7 Å². The minimum atomic E-state index is -0.958. The molecule has 3 heterocycles. The number of benzene rings is 1. The average molecular weight is 379 g/mol. The fourth-order valence-corrected chi connectivity index (χ4v) is 4.63. The Morgan fingerprint density at radius 3 is 2.81 bits per heavy atom. The second kappa shape index (κ2) is 6.35. The molecule has 1 saturated heterocycles. The second-order valence-electron chi connectivity index (χ2n) is 6.74. The van der Waals surface area contributed by atoms with Crippen molar-refractivity contribution in [2.75, 3.05) is 12.4 Å². The van der Waals surface area contributed by atoms with E-state index in [9.17, 15) is 8.78 Å². The predicted molar refractivity (Wildman–Crippen MR) is 94.9 cm³/mol. The predicted octanol–water partition coefficient (Wildman–Crippen LogP) is 3.60. The number of hydrogen-bond donors (Lipinski definition) is 1.